The summed E-state index contributed by atoms with van der Waals surface area (Å²) >= 11 is 0. The molecule has 5 heteroatoms. The molecule has 0 N–H and O–H groups in total. The van der Waals surface area contributed by atoms with Crippen LogP contribution >= 0.6 is 0 Å². The predicted molar refractivity (Wildman–Crippen MR) is 116 cm³/mol. The third kappa shape index (κ3) is 2.98. The summed E-state index contributed by atoms with van der Waals surface area (Å²) in [5.74, 6) is 2.23. The van der Waals surface area contributed by atoms with Gasteiger partial charge in [0.05, 0.1) is 31.5 Å². The Bertz CT molecular complexity index is 1110. The fraction of sp³-hybridized carbons (Fsp3) is 0.240. The average molecular weight is 400 g/mol. The molecule has 0 saturated heterocycles. The first-order valence-electron chi connectivity index (χ1n) is 10.1. The van der Waals surface area contributed by atoms with Gasteiger partial charge in [-0.1, -0.05) is 54.1 Å². The van der Waals surface area contributed by atoms with Gasteiger partial charge in [-0.05, 0) is 30.7 Å². The first kappa shape index (κ1) is 18.6. The summed E-state index contributed by atoms with van der Waals surface area (Å²) in [6.45, 7) is 2.10. The number of rotatable bonds is 4. The van der Waals surface area contributed by atoms with E-state index in [1.165, 1.54) is 5.56 Å². The van der Waals surface area contributed by atoms with E-state index < -0.39 is 6.23 Å². The second kappa shape index (κ2) is 7.41. The van der Waals surface area contributed by atoms with E-state index in [4.69, 9.17) is 19.3 Å². The van der Waals surface area contributed by atoms with Crippen LogP contribution in [0.2, 0.25) is 0 Å². The lowest BCUT2D eigenvalue weighted by Gasteiger charge is -2.38. The number of para-hydroxylation sites is 2. The van der Waals surface area contributed by atoms with Crippen LogP contribution < -0.4 is 14.2 Å². The molecule has 0 aromatic heterocycles. The monoisotopic (exact) mass is 400 g/mol. The molecule has 0 fully saturated rings. The second-order valence-electron chi connectivity index (χ2n) is 7.60. The lowest BCUT2D eigenvalue weighted by molar-refractivity contribution is -0.0205. The zero-order valence-electron chi connectivity index (χ0n) is 17.3. The quantitative estimate of drug-likeness (QED) is 0.600. The number of fused-ring (bicyclic) bond motifs is 3. The SMILES string of the molecule is COc1cccc([C@H]2Oc3ccccc3[C@@H]3CC(c4ccc(C)cc4)=NN23)c1OC. The zero-order valence-corrected chi connectivity index (χ0v) is 17.3. The molecule has 5 rings (SSSR count). The minimum atomic E-state index is -0.405. The molecule has 3 aromatic rings. The lowest BCUT2D eigenvalue weighted by Crippen LogP contribution is -2.34. The number of nitrogens with zero attached hydrogens (tertiary/aromatic N) is 2. The highest BCUT2D eigenvalue weighted by Gasteiger charge is 2.42. The summed E-state index contributed by atoms with van der Waals surface area (Å²) in [6, 6.07) is 22.7. The van der Waals surface area contributed by atoms with E-state index in [0.717, 1.165) is 34.6 Å². The van der Waals surface area contributed by atoms with Crippen molar-refractivity contribution in [1.29, 1.82) is 0 Å². The first-order chi connectivity index (χ1) is 14.7. The Labute approximate surface area is 176 Å². The molecular formula is C25H24N2O3. The van der Waals surface area contributed by atoms with Crippen LogP contribution in [-0.4, -0.2) is 24.9 Å². The Hall–Kier alpha value is -3.47. The van der Waals surface area contributed by atoms with Crippen molar-refractivity contribution < 1.29 is 14.2 Å². The fourth-order valence-electron chi connectivity index (χ4n) is 4.27. The Morgan fingerprint density at radius 2 is 1.67 bits per heavy atom. The number of aryl methyl sites for hydroxylation is 1. The molecule has 152 valence electrons. The van der Waals surface area contributed by atoms with Crippen LogP contribution in [0.15, 0.2) is 71.8 Å². The molecule has 0 saturated carbocycles. The summed E-state index contributed by atoms with van der Waals surface area (Å²) in [4.78, 5) is 0. The molecule has 2 aliphatic rings. The second-order valence-corrected chi connectivity index (χ2v) is 7.60. The van der Waals surface area contributed by atoms with Crippen molar-refractivity contribution >= 4 is 5.71 Å². The van der Waals surface area contributed by atoms with Gasteiger partial charge < -0.3 is 14.2 Å². The van der Waals surface area contributed by atoms with Crippen LogP contribution in [0.5, 0.6) is 17.2 Å². The summed E-state index contributed by atoms with van der Waals surface area (Å²) < 4.78 is 17.7. The lowest BCUT2D eigenvalue weighted by atomic mass is 9.95. The van der Waals surface area contributed by atoms with Crippen molar-refractivity contribution in [2.75, 3.05) is 14.2 Å². The van der Waals surface area contributed by atoms with Crippen molar-refractivity contribution in [2.45, 2.75) is 25.6 Å². The van der Waals surface area contributed by atoms with Gasteiger partial charge in [-0.3, -0.25) is 0 Å². The average Bonchev–Trinajstić information content (AvgIpc) is 3.24. The number of ether oxygens (including phenoxy) is 3. The van der Waals surface area contributed by atoms with Gasteiger partial charge in [0.1, 0.15) is 5.75 Å². The number of hydrazone groups is 1. The van der Waals surface area contributed by atoms with E-state index in [9.17, 15) is 0 Å². The maximum Gasteiger partial charge on any atom is 0.217 e. The van der Waals surface area contributed by atoms with Crippen LogP contribution in [0.25, 0.3) is 0 Å². The Morgan fingerprint density at radius 1 is 0.900 bits per heavy atom. The van der Waals surface area contributed by atoms with Crippen LogP contribution in [0.1, 0.15) is 40.9 Å². The molecule has 0 spiro atoms. The minimum absolute atomic E-state index is 0.104. The summed E-state index contributed by atoms with van der Waals surface area (Å²) in [7, 11) is 3.30. The van der Waals surface area contributed by atoms with Crippen LogP contribution in [0.4, 0.5) is 0 Å². The highest BCUT2D eigenvalue weighted by Crippen LogP contribution is 2.49. The summed E-state index contributed by atoms with van der Waals surface area (Å²) in [5.41, 5.74) is 5.49. The standard InChI is InChI=1S/C25H24N2O3/c1-16-11-13-17(14-12-16)20-15-21-18-7-4-5-9-22(18)30-25(27(21)26-20)19-8-6-10-23(28-2)24(19)29-3/h4-14,21,25H,15H2,1-3H3/t21-,25+/m0/s1. The van der Waals surface area contributed by atoms with Gasteiger partial charge in [-0.2, -0.15) is 5.10 Å². The van der Waals surface area contributed by atoms with Gasteiger partial charge in [-0.25, -0.2) is 5.01 Å². The van der Waals surface area contributed by atoms with Crippen molar-refractivity contribution in [3.05, 3.63) is 89.0 Å². The molecule has 0 bridgehead atoms. The molecule has 2 aliphatic heterocycles. The van der Waals surface area contributed by atoms with E-state index in [-0.39, 0.29) is 6.04 Å². The highest BCUT2D eigenvalue weighted by molar-refractivity contribution is 6.02. The fourth-order valence-corrected chi connectivity index (χ4v) is 4.27. The van der Waals surface area contributed by atoms with E-state index in [0.29, 0.717) is 11.5 Å². The molecular weight excluding hydrogens is 376 g/mol. The van der Waals surface area contributed by atoms with E-state index >= 15 is 0 Å². The van der Waals surface area contributed by atoms with Crippen LogP contribution in [-0.2, 0) is 0 Å². The number of benzene rings is 3. The van der Waals surface area contributed by atoms with E-state index in [1.54, 1.807) is 14.2 Å². The van der Waals surface area contributed by atoms with Gasteiger partial charge >= 0.3 is 0 Å². The maximum absolute atomic E-state index is 6.46. The third-order valence-electron chi connectivity index (χ3n) is 5.78. The number of hydrogen-bond donors (Lipinski definition) is 0. The van der Waals surface area contributed by atoms with Gasteiger partial charge in [0.2, 0.25) is 6.23 Å². The minimum Gasteiger partial charge on any atom is -0.493 e. The highest BCUT2D eigenvalue weighted by atomic mass is 16.5. The normalized spacial score (nSPS) is 19.4. The molecule has 30 heavy (non-hydrogen) atoms. The van der Waals surface area contributed by atoms with Gasteiger partial charge in [0.15, 0.2) is 11.5 Å². The third-order valence-corrected chi connectivity index (χ3v) is 5.78. The van der Waals surface area contributed by atoms with Crippen molar-refractivity contribution in [1.82, 2.24) is 5.01 Å². The topological polar surface area (TPSA) is 43.3 Å². The van der Waals surface area contributed by atoms with Gasteiger partial charge in [0, 0.05) is 12.0 Å². The Kier molecular flexibility index (Phi) is 4.58. The molecule has 5 nitrogen and oxygen atoms in total. The molecule has 3 aromatic carbocycles. The van der Waals surface area contributed by atoms with Crippen molar-refractivity contribution in [3.63, 3.8) is 0 Å². The van der Waals surface area contributed by atoms with Crippen LogP contribution in [0.3, 0.4) is 0 Å². The van der Waals surface area contributed by atoms with Crippen molar-refractivity contribution in [2.24, 2.45) is 5.10 Å². The molecule has 2 atom stereocenters. The van der Waals surface area contributed by atoms with E-state index in [1.807, 2.05) is 30.3 Å². The predicted octanol–water partition coefficient (Wildman–Crippen LogP) is 5.25. The molecule has 0 unspecified atom stereocenters. The van der Waals surface area contributed by atoms with Gasteiger partial charge in [0.25, 0.3) is 0 Å². The molecule has 2 heterocycles. The maximum atomic E-state index is 6.46. The zero-order chi connectivity index (χ0) is 20.7. The largest absolute Gasteiger partial charge is 0.493 e. The van der Waals surface area contributed by atoms with Crippen molar-refractivity contribution in [3.8, 4) is 17.2 Å². The number of hydrogen-bond acceptors (Lipinski definition) is 5. The molecule has 0 aliphatic carbocycles. The summed E-state index contributed by atoms with van der Waals surface area (Å²) in [5, 5.41) is 7.09. The van der Waals surface area contributed by atoms with Crippen LogP contribution in [0, 0.1) is 6.92 Å². The molecule has 0 radical (unpaired) electrons. The number of methoxy groups -OCH3 is 2. The van der Waals surface area contributed by atoms with Gasteiger partial charge in [-0.15, -0.1) is 0 Å². The first-order valence-corrected chi connectivity index (χ1v) is 10.1. The smallest absolute Gasteiger partial charge is 0.217 e. The molecule has 0 amide bonds. The van der Waals surface area contributed by atoms with E-state index in [2.05, 4.69) is 48.3 Å². The Balaban J connectivity index is 1.62. The summed E-state index contributed by atoms with van der Waals surface area (Å²) in [6.07, 6.45) is 0.421. The Morgan fingerprint density at radius 3 is 2.43 bits per heavy atom.